The highest BCUT2D eigenvalue weighted by Gasteiger charge is 2.15. The van der Waals surface area contributed by atoms with Crippen LogP contribution in [-0.4, -0.2) is 42.8 Å². The minimum Gasteiger partial charge on any atom is -0.343 e. The first-order valence-electron chi connectivity index (χ1n) is 7.79. The van der Waals surface area contributed by atoms with Gasteiger partial charge in [-0.2, -0.15) is 0 Å². The summed E-state index contributed by atoms with van der Waals surface area (Å²) in [6, 6.07) is 9.59. The SMILES string of the molecule is CN(CC(=O)Nc1ccc(F)cc1)C(=O)CNC(=O)c1ccc(Cl)c(Cl)c1. The third-order valence-corrected chi connectivity index (χ3v) is 4.26. The lowest BCUT2D eigenvalue weighted by atomic mass is 10.2. The van der Waals surface area contributed by atoms with Crippen LogP contribution in [0.2, 0.25) is 10.0 Å². The maximum Gasteiger partial charge on any atom is 0.251 e. The van der Waals surface area contributed by atoms with Crippen LogP contribution in [0.3, 0.4) is 0 Å². The van der Waals surface area contributed by atoms with Crippen molar-refractivity contribution in [3.63, 3.8) is 0 Å². The number of rotatable bonds is 6. The van der Waals surface area contributed by atoms with E-state index in [0.717, 1.165) is 4.90 Å². The molecule has 0 aliphatic rings. The zero-order valence-corrected chi connectivity index (χ0v) is 15.8. The Balaban J connectivity index is 1.82. The molecule has 6 nitrogen and oxygen atoms in total. The van der Waals surface area contributed by atoms with E-state index in [1.807, 2.05) is 0 Å². The van der Waals surface area contributed by atoms with Gasteiger partial charge in [-0.05, 0) is 42.5 Å². The maximum absolute atomic E-state index is 12.8. The number of carbonyl (C=O) groups is 3. The van der Waals surface area contributed by atoms with Gasteiger partial charge in [0.2, 0.25) is 11.8 Å². The second kappa shape index (κ2) is 9.34. The van der Waals surface area contributed by atoms with Crippen molar-refractivity contribution < 1.29 is 18.8 Å². The Hall–Kier alpha value is -2.64. The first-order chi connectivity index (χ1) is 12.8. The quantitative estimate of drug-likeness (QED) is 0.766. The van der Waals surface area contributed by atoms with E-state index >= 15 is 0 Å². The number of halogens is 3. The summed E-state index contributed by atoms with van der Waals surface area (Å²) in [4.78, 5) is 37.2. The van der Waals surface area contributed by atoms with Crippen LogP contribution in [0.1, 0.15) is 10.4 Å². The van der Waals surface area contributed by atoms with Crippen molar-refractivity contribution in [1.29, 1.82) is 0 Å². The Morgan fingerprint density at radius 2 is 1.70 bits per heavy atom. The topological polar surface area (TPSA) is 78.5 Å². The monoisotopic (exact) mass is 411 g/mol. The van der Waals surface area contributed by atoms with E-state index in [0.29, 0.717) is 10.7 Å². The van der Waals surface area contributed by atoms with Gasteiger partial charge < -0.3 is 15.5 Å². The molecule has 0 aliphatic heterocycles. The highest BCUT2D eigenvalue weighted by Crippen LogP contribution is 2.22. The fraction of sp³-hybridized carbons (Fsp3) is 0.167. The molecular weight excluding hydrogens is 396 g/mol. The molecule has 0 radical (unpaired) electrons. The molecule has 0 spiro atoms. The molecule has 0 unspecified atom stereocenters. The molecule has 0 heterocycles. The minimum absolute atomic E-state index is 0.223. The second-order valence-electron chi connectivity index (χ2n) is 5.62. The number of amides is 3. The Morgan fingerprint density at radius 3 is 2.33 bits per heavy atom. The Bertz CT molecular complexity index is 859. The smallest absolute Gasteiger partial charge is 0.251 e. The third-order valence-electron chi connectivity index (χ3n) is 3.52. The summed E-state index contributed by atoms with van der Waals surface area (Å²) < 4.78 is 12.8. The van der Waals surface area contributed by atoms with Gasteiger partial charge in [0.05, 0.1) is 23.1 Å². The molecule has 2 N–H and O–H groups in total. The minimum atomic E-state index is -0.494. The zero-order valence-electron chi connectivity index (χ0n) is 14.3. The first-order valence-corrected chi connectivity index (χ1v) is 8.54. The lowest BCUT2D eigenvalue weighted by Crippen LogP contribution is -2.41. The average Bonchev–Trinajstić information content (AvgIpc) is 2.63. The largest absolute Gasteiger partial charge is 0.343 e. The molecule has 0 atom stereocenters. The lowest BCUT2D eigenvalue weighted by molar-refractivity contribution is -0.132. The van der Waals surface area contributed by atoms with Gasteiger partial charge in [-0.15, -0.1) is 0 Å². The summed E-state index contributed by atoms with van der Waals surface area (Å²) in [6.45, 7) is -0.516. The summed E-state index contributed by atoms with van der Waals surface area (Å²) in [6.07, 6.45) is 0. The predicted molar refractivity (Wildman–Crippen MR) is 101 cm³/mol. The molecule has 2 rings (SSSR count). The van der Waals surface area contributed by atoms with E-state index in [1.54, 1.807) is 0 Å². The molecule has 0 aliphatic carbocycles. The molecule has 0 fully saturated rings. The molecule has 2 aromatic rings. The van der Waals surface area contributed by atoms with Crippen molar-refractivity contribution in [3.8, 4) is 0 Å². The third kappa shape index (κ3) is 6.23. The maximum atomic E-state index is 12.8. The van der Waals surface area contributed by atoms with Crippen molar-refractivity contribution in [1.82, 2.24) is 10.2 Å². The van der Waals surface area contributed by atoms with Crippen molar-refractivity contribution in [2.24, 2.45) is 0 Å². The normalized spacial score (nSPS) is 10.2. The summed E-state index contributed by atoms with van der Waals surface area (Å²) in [5, 5.41) is 5.54. The van der Waals surface area contributed by atoms with Gasteiger partial charge in [-0.1, -0.05) is 23.2 Å². The number of hydrogen-bond donors (Lipinski definition) is 2. The van der Waals surface area contributed by atoms with Crippen molar-refractivity contribution in [3.05, 3.63) is 63.9 Å². The Morgan fingerprint density at radius 1 is 1.04 bits per heavy atom. The van der Waals surface area contributed by atoms with Crippen LogP contribution >= 0.6 is 23.2 Å². The van der Waals surface area contributed by atoms with E-state index in [9.17, 15) is 18.8 Å². The average molecular weight is 412 g/mol. The van der Waals surface area contributed by atoms with Crippen LogP contribution in [0.25, 0.3) is 0 Å². The zero-order chi connectivity index (χ0) is 20.0. The first kappa shape index (κ1) is 20.7. The van der Waals surface area contributed by atoms with Gasteiger partial charge in [0.25, 0.3) is 5.91 Å². The second-order valence-corrected chi connectivity index (χ2v) is 6.43. The lowest BCUT2D eigenvalue weighted by Gasteiger charge is -2.17. The standard InChI is InChI=1S/C18H16Cl2FN3O3/c1-24(10-16(25)23-13-5-3-12(21)4-6-13)17(26)9-22-18(27)11-2-7-14(19)15(20)8-11/h2-8H,9-10H2,1H3,(H,22,27)(H,23,25). The number of hydrogen-bond acceptors (Lipinski definition) is 3. The highest BCUT2D eigenvalue weighted by molar-refractivity contribution is 6.42. The highest BCUT2D eigenvalue weighted by atomic mass is 35.5. The van der Waals surface area contributed by atoms with Gasteiger partial charge in [0.15, 0.2) is 0 Å². The molecule has 27 heavy (non-hydrogen) atoms. The van der Waals surface area contributed by atoms with E-state index in [4.69, 9.17) is 23.2 Å². The molecule has 3 amide bonds. The van der Waals surface area contributed by atoms with Gasteiger partial charge in [0.1, 0.15) is 5.82 Å². The summed E-state index contributed by atoms with van der Waals surface area (Å²) in [5.74, 6) is -1.82. The number of likely N-dealkylation sites (N-methyl/N-ethyl adjacent to an activating group) is 1. The van der Waals surface area contributed by atoms with Crippen molar-refractivity contribution >= 4 is 46.6 Å². The Kier molecular flexibility index (Phi) is 7.15. The van der Waals surface area contributed by atoms with Crippen LogP contribution in [0.15, 0.2) is 42.5 Å². The van der Waals surface area contributed by atoms with Crippen molar-refractivity contribution in [2.75, 3.05) is 25.5 Å². The summed E-state index contributed by atoms with van der Waals surface area (Å²) in [5.41, 5.74) is 0.670. The van der Waals surface area contributed by atoms with Crippen molar-refractivity contribution in [2.45, 2.75) is 0 Å². The molecule has 0 bridgehead atoms. The number of nitrogens with one attached hydrogen (secondary N) is 2. The molecule has 0 aromatic heterocycles. The van der Waals surface area contributed by atoms with E-state index in [2.05, 4.69) is 10.6 Å². The van der Waals surface area contributed by atoms with E-state index in [1.165, 1.54) is 49.5 Å². The van der Waals surface area contributed by atoms with Crippen LogP contribution in [-0.2, 0) is 9.59 Å². The van der Waals surface area contributed by atoms with Gasteiger partial charge in [0, 0.05) is 18.3 Å². The number of benzene rings is 2. The van der Waals surface area contributed by atoms with E-state index in [-0.39, 0.29) is 23.7 Å². The van der Waals surface area contributed by atoms with Crippen LogP contribution < -0.4 is 10.6 Å². The number of nitrogens with zero attached hydrogens (tertiary/aromatic N) is 1. The fourth-order valence-corrected chi connectivity index (χ4v) is 2.37. The van der Waals surface area contributed by atoms with Gasteiger partial charge in [-0.3, -0.25) is 14.4 Å². The van der Waals surface area contributed by atoms with Crippen LogP contribution in [0, 0.1) is 5.82 Å². The Labute approximate surface area is 165 Å². The molecular formula is C18H16Cl2FN3O3. The molecule has 0 saturated carbocycles. The number of carbonyl (C=O) groups excluding carboxylic acids is 3. The molecule has 0 saturated heterocycles. The summed E-state index contributed by atoms with van der Waals surface area (Å²) in [7, 11) is 1.43. The van der Waals surface area contributed by atoms with Gasteiger partial charge >= 0.3 is 0 Å². The molecule has 2 aromatic carbocycles. The fourth-order valence-electron chi connectivity index (χ4n) is 2.07. The predicted octanol–water partition coefficient (Wildman–Crippen LogP) is 2.96. The molecule has 142 valence electrons. The van der Waals surface area contributed by atoms with E-state index < -0.39 is 23.5 Å². The number of anilines is 1. The van der Waals surface area contributed by atoms with Crippen LogP contribution in [0.5, 0.6) is 0 Å². The molecule has 9 heteroatoms. The van der Waals surface area contributed by atoms with Gasteiger partial charge in [-0.25, -0.2) is 4.39 Å². The summed E-state index contributed by atoms with van der Waals surface area (Å²) >= 11 is 11.6. The van der Waals surface area contributed by atoms with Crippen LogP contribution in [0.4, 0.5) is 10.1 Å².